The smallest absolute Gasteiger partial charge is 0.275 e. The fraction of sp³-hybridized carbons (Fsp3) is 0.600. The van der Waals surface area contributed by atoms with Crippen LogP contribution in [0.15, 0.2) is 18.2 Å². The van der Waals surface area contributed by atoms with Gasteiger partial charge in [0.2, 0.25) is 0 Å². The van der Waals surface area contributed by atoms with E-state index in [9.17, 15) is 10.1 Å². The summed E-state index contributed by atoms with van der Waals surface area (Å²) in [5.41, 5.74) is 6.97. The standard InChI is InChI=1S/C15H23N3O3/c1-3-21-14-9-12(8-13(10-14)18(19)20)17-7-5-4-6-15(17)11(2)16/h8-11,15H,3-7,16H2,1-2H3. The van der Waals surface area contributed by atoms with E-state index in [4.69, 9.17) is 10.5 Å². The molecule has 1 saturated heterocycles. The van der Waals surface area contributed by atoms with Gasteiger partial charge in [-0.25, -0.2) is 0 Å². The van der Waals surface area contributed by atoms with Gasteiger partial charge in [0.15, 0.2) is 0 Å². The Morgan fingerprint density at radius 1 is 1.48 bits per heavy atom. The zero-order valence-electron chi connectivity index (χ0n) is 12.6. The first kappa shape index (κ1) is 15.6. The Hall–Kier alpha value is -1.82. The molecule has 21 heavy (non-hydrogen) atoms. The monoisotopic (exact) mass is 293 g/mol. The number of hydrogen-bond donors (Lipinski definition) is 1. The number of nitrogens with zero attached hydrogens (tertiary/aromatic N) is 2. The molecule has 1 aliphatic rings. The van der Waals surface area contributed by atoms with E-state index in [0.29, 0.717) is 12.4 Å². The number of non-ortho nitro benzene ring substituents is 1. The van der Waals surface area contributed by atoms with Crippen LogP contribution in [0.4, 0.5) is 11.4 Å². The number of nitro benzene ring substituents is 1. The summed E-state index contributed by atoms with van der Waals surface area (Å²) in [5, 5.41) is 11.1. The third-order valence-electron chi connectivity index (χ3n) is 3.89. The van der Waals surface area contributed by atoms with Crippen molar-refractivity contribution < 1.29 is 9.66 Å². The van der Waals surface area contributed by atoms with E-state index in [1.54, 1.807) is 6.07 Å². The number of anilines is 1. The van der Waals surface area contributed by atoms with Crippen LogP contribution in [0.25, 0.3) is 0 Å². The fourth-order valence-electron chi connectivity index (χ4n) is 2.91. The highest BCUT2D eigenvalue weighted by atomic mass is 16.6. The Kier molecular flexibility index (Phi) is 5.01. The molecule has 1 aliphatic heterocycles. The number of rotatable bonds is 5. The predicted octanol–water partition coefficient (Wildman–Crippen LogP) is 2.70. The molecule has 0 amide bonds. The van der Waals surface area contributed by atoms with Crippen molar-refractivity contribution >= 4 is 11.4 Å². The number of nitrogens with two attached hydrogens (primary N) is 1. The molecule has 0 aliphatic carbocycles. The Labute approximate surface area is 125 Å². The summed E-state index contributed by atoms with van der Waals surface area (Å²) in [6, 6.07) is 5.20. The van der Waals surface area contributed by atoms with Crippen LogP contribution in [0.1, 0.15) is 33.1 Å². The van der Waals surface area contributed by atoms with Gasteiger partial charge in [0.05, 0.1) is 17.6 Å². The molecule has 1 heterocycles. The molecule has 0 aromatic heterocycles. The van der Waals surface area contributed by atoms with E-state index in [1.165, 1.54) is 6.07 Å². The van der Waals surface area contributed by atoms with Crippen molar-refractivity contribution in [1.29, 1.82) is 0 Å². The highest BCUT2D eigenvalue weighted by Crippen LogP contribution is 2.32. The maximum Gasteiger partial charge on any atom is 0.275 e. The van der Waals surface area contributed by atoms with Crippen LogP contribution in [-0.4, -0.2) is 30.2 Å². The van der Waals surface area contributed by atoms with Gasteiger partial charge in [0.1, 0.15) is 5.75 Å². The van der Waals surface area contributed by atoms with E-state index >= 15 is 0 Å². The lowest BCUT2D eigenvalue weighted by Gasteiger charge is -2.39. The molecule has 2 rings (SSSR count). The second kappa shape index (κ2) is 6.76. The third-order valence-corrected chi connectivity index (χ3v) is 3.89. The molecule has 6 nitrogen and oxygen atoms in total. The lowest BCUT2D eigenvalue weighted by Crippen LogP contribution is -2.49. The highest BCUT2D eigenvalue weighted by molar-refractivity contribution is 5.59. The largest absolute Gasteiger partial charge is 0.494 e. The molecule has 0 bridgehead atoms. The van der Waals surface area contributed by atoms with Gasteiger partial charge in [-0.3, -0.25) is 10.1 Å². The van der Waals surface area contributed by atoms with Crippen molar-refractivity contribution in [2.24, 2.45) is 5.73 Å². The minimum atomic E-state index is -0.378. The SMILES string of the molecule is CCOc1cc(N2CCCCC2C(C)N)cc([N+](=O)[O-])c1. The zero-order chi connectivity index (χ0) is 15.4. The van der Waals surface area contributed by atoms with Crippen molar-refractivity contribution in [3.8, 4) is 5.75 Å². The number of hydrogen-bond acceptors (Lipinski definition) is 5. The number of ether oxygens (including phenoxy) is 1. The summed E-state index contributed by atoms with van der Waals surface area (Å²) in [4.78, 5) is 12.9. The third kappa shape index (κ3) is 3.64. The molecule has 1 aromatic carbocycles. The van der Waals surface area contributed by atoms with Crippen LogP contribution in [0.5, 0.6) is 5.75 Å². The maximum absolute atomic E-state index is 11.1. The molecule has 0 saturated carbocycles. The van der Waals surface area contributed by atoms with E-state index in [-0.39, 0.29) is 22.7 Å². The fourth-order valence-corrected chi connectivity index (χ4v) is 2.91. The number of nitro groups is 1. The lowest BCUT2D eigenvalue weighted by molar-refractivity contribution is -0.384. The minimum Gasteiger partial charge on any atom is -0.494 e. The lowest BCUT2D eigenvalue weighted by atomic mass is 9.96. The van der Waals surface area contributed by atoms with E-state index in [2.05, 4.69) is 4.90 Å². The topological polar surface area (TPSA) is 81.6 Å². The van der Waals surface area contributed by atoms with Crippen LogP contribution in [0.3, 0.4) is 0 Å². The zero-order valence-corrected chi connectivity index (χ0v) is 12.6. The molecule has 1 fully saturated rings. The van der Waals surface area contributed by atoms with Gasteiger partial charge in [0.25, 0.3) is 5.69 Å². The quantitative estimate of drug-likeness (QED) is 0.666. The molecule has 6 heteroatoms. The maximum atomic E-state index is 11.1. The number of piperidine rings is 1. The van der Waals surface area contributed by atoms with Gasteiger partial charge in [0, 0.05) is 36.4 Å². The molecular weight excluding hydrogens is 270 g/mol. The first-order chi connectivity index (χ1) is 10.0. The van der Waals surface area contributed by atoms with E-state index < -0.39 is 0 Å². The molecule has 0 radical (unpaired) electrons. The van der Waals surface area contributed by atoms with Gasteiger partial charge in [-0.1, -0.05) is 0 Å². The van der Waals surface area contributed by atoms with Crippen LogP contribution in [-0.2, 0) is 0 Å². The van der Waals surface area contributed by atoms with Crippen molar-refractivity contribution in [3.63, 3.8) is 0 Å². The van der Waals surface area contributed by atoms with Gasteiger partial charge >= 0.3 is 0 Å². The first-order valence-corrected chi connectivity index (χ1v) is 7.47. The average Bonchev–Trinajstić information content (AvgIpc) is 2.47. The Morgan fingerprint density at radius 3 is 2.86 bits per heavy atom. The molecule has 0 spiro atoms. The predicted molar refractivity (Wildman–Crippen MR) is 82.9 cm³/mol. The van der Waals surface area contributed by atoms with Crippen LogP contribution < -0.4 is 15.4 Å². The van der Waals surface area contributed by atoms with Crippen molar-refractivity contribution in [1.82, 2.24) is 0 Å². The Balaban J connectivity index is 2.37. The summed E-state index contributed by atoms with van der Waals surface area (Å²) in [5.74, 6) is 0.538. The first-order valence-electron chi connectivity index (χ1n) is 7.47. The molecule has 116 valence electrons. The second-order valence-electron chi connectivity index (χ2n) is 5.49. The summed E-state index contributed by atoms with van der Waals surface area (Å²) < 4.78 is 5.46. The van der Waals surface area contributed by atoms with Crippen molar-refractivity contribution in [2.45, 2.75) is 45.2 Å². The van der Waals surface area contributed by atoms with Gasteiger partial charge < -0.3 is 15.4 Å². The van der Waals surface area contributed by atoms with Crippen LogP contribution in [0.2, 0.25) is 0 Å². The summed E-state index contributed by atoms with van der Waals surface area (Å²) in [7, 11) is 0. The summed E-state index contributed by atoms with van der Waals surface area (Å²) in [6.07, 6.45) is 3.25. The molecule has 2 N–H and O–H groups in total. The molecule has 2 unspecified atom stereocenters. The van der Waals surface area contributed by atoms with Crippen LogP contribution in [0, 0.1) is 10.1 Å². The molecule has 2 atom stereocenters. The van der Waals surface area contributed by atoms with E-state index in [1.807, 2.05) is 19.9 Å². The van der Waals surface area contributed by atoms with Gasteiger partial charge in [-0.15, -0.1) is 0 Å². The van der Waals surface area contributed by atoms with Gasteiger partial charge in [-0.05, 0) is 33.1 Å². The minimum absolute atomic E-state index is 0.0279. The average molecular weight is 293 g/mol. The molecular formula is C15H23N3O3. The van der Waals surface area contributed by atoms with Crippen LogP contribution >= 0.6 is 0 Å². The summed E-state index contributed by atoms with van der Waals surface area (Å²) in [6.45, 7) is 5.21. The highest BCUT2D eigenvalue weighted by Gasteiger charge is 2.27. The Bertz CT molecular complexity index is 505. The Morgan fingerprint density at radius 2 is 2.24 bits per heavy atom. The molecule has 1 aromatic rings. The van der Waals surface area contributed by atoms with Crippen molar-refractivity contribution in [2.75, 3.05) is 18.1 Å². The summed E-state index contributed by atoms with van der Waals surface area (Å²) >= 11 is 0. The van der Waals surface area contributed by atoms with Gasteiger partial charge in [-0.2, -0.15) is 0 Å². The normalized spacial score (nSPS) is 20.1. The van der Waals surface area contributed by atoms with E-state index in [0.717, 1.165) is 31.5 Å². The second-order valence-corrected chi connectivity index (χ2v) is 5.49. The number of benzene rings is 1. The van der Waals surface area contributed by atoms with Crippen molar-refractivity contribution in [3.05, 3.63) is 28.3 Å².